The number of nitrogens with one attached hydrogen (secondary N) is 1. The van der Waals surface area contributed by atoms with Crippen LogP contribution in [-0.4, -0.2) is 12.2 Å². The molecule has 1 rings (SSSR count). The molecule has 3 nitrogen and oxygen atoms in total. The fourth-order valence-electron chi connectivity index (χ4n) is 1.93. The lowest BCUT2D eigenvalue weighted by Gasteiger charge is -2.05. The predicted octanol–water partition coefficient (Wildman–Crippen LogP) is 4.19. The van der Waals surface area contributed by atoms with Crippen LogP contribution in [0.2, 0.25) is 0 Å². The van der Waals surface area contributed by atoms with Gasteiger partial charge in [0.1, 0.15) is 6.29 Å². The monoisotopic (exact) mass is 261 g/mol. The zero-order valence-corrected chi connectivity index (χ0v) is 11.7. The molecule has 1 N–H and O–H groups in total. The van der Waals surface area contributed by atoms with Crippen LogP contribution in [0.15, 0.2) is 24.3 Å². The Morgan fingerprint density at radius 1 is 1.05 bits per heavy atom. The van der Waals surface area contributed by atoms with Crippen LogP contribution in [0.25, 0.3) is 0 Å². The van der Waals surface area contributed by atoms with Gasteiger partial charge in [0.2, 0.25) is 5.91 Å². The van der Waals surface area contributed by atoms with Crippen LogP contribution in [-0.2, 0) is 4.79 Å². The first-order chi connectivity index (χ1) is 9.26. The van der Waals surface area contributed by atoms with Gasteiger partial charge in [-0.3, -0.25) is 9.59 Å². The highest BCUT2D eigenvalue weighted by Crippen LogP contribution is 2.11. The Labute approximate surface area is 115 Å². The van der Waals surface area contributed by atoms with Crippen molar-refractivity contribution in [1.29, 1.82) is 0 Å². The number of amides is 1. The molecule has 1 aromatic carbocycles. The van der Waals surface area contributed by atoms with Crippen LogP contribution in [0.4, 0.5) is 5.69 Å². The van der Waals surface area contributed by atoms with Crippen molar-refractivity contribution in [2.45, 2.75) is 51.9 Å². The fraction of sp³-hybridized carbons (Fsp3) is 0.500. The van der Waals surface area contributed by atoms with E-state index < -0.39 is 0 Å². The second kappa shape index (κ2) is 9.31. The number of aldehydes is 1. The number of anilines is 1. The van der Waals surface area contributed by atoms with Gasteiger partial charge in [-0.25, -0.2) is 0 Å². The van der Waals surface area contributed by atoms with Crippen molar-refractivity contribution in [2.24, 2.45) is 0 Å². The Morgan fingerprint density at radius 3 is 2.32 bits per heavy atom. The number of rotatable bonds is 9. The molecule has 0 spiro atoms. The number of benzene rings is 1. The van der Waals surface area contributed by atoms with Crippen LogP contribution in [0, 0.1) is 0 Å². The van der Waals surface area contributed by atoms with Gasteiger partial charge in [-0.2, -0.15) is 0 Å². The molecule has 0 atom stereocenters. The van der Waals surface area contributed by atoms with Gasteiger partial charge in [0, 0.05) is 17.7 Å². The van der Waals surface area contributed by atoms with Crippen molar-refractivity contribution < 1.29 is 9.59 Å². The quantitative estimate of drug-likeness (QED) is 0.535. The van der Waals surface area contributed by atoms with Crippen molar-refractivity contribution in [1.82, 2.24) is 0 Å². The van der Waals surface area contributed by atoms with Gasteiger partial charge >= 0.3 is 0 Å². The van der Waals surface area contributed by atoms with Crippen LogP contribution in [0.5, 0.6) is 0 Å². The molecule has 104 valence electrons. The predicted molar refractivity (Wildman–Crippen MR) is 78.5 cm³/mol. The Morgan fingerprint density at radius 2 is 1.68 bits per heavy atom. The molecule has 0 radical (unpaired) electrons. The van der Waals surface area contributed by atoms with Crippen LogP contribution >= 0.6 is 0 Å². The highest BCUT2D eigenvalue weighted by atomic mass is 16.1. The Balaban J connectivity index is 2.17. The molecular weight excluding hydrogens is 238 g/mol. The summed E-state index contributed by atoms with van der Waals surface area (Å²) in [5.41, 5.74) is 1.37. The Bertz CT molecular complexity index is 384. The van der Waals surface area contributed by atoms with Gasteiger partial charge in [-0.05, 0) is 30.7 Å². The van der Waals surface area contributed by atoms with Crippen molar-refractivity contribution in [2.75, 3.05) is 5.32 Å². The maximum Gasteiger partial charge on any atom is 0.224 e. The van der Waals surface area contributed by atoms with Gasteiger partial charge < -0.3 is 5.32 Å². The largest absolute Gasteiger partial charge is 0.326 e. The highest BCUT2D eigenvalue weighted by Gasteiger charge is 2.02. The summed E-state index contributed by atoms with van der Waals surface area (Å²) >= 11 is 0. The molecule has 1 amide bonds. The van der Waals surface area contributed by atoms with Crippen LogP contribution in [0.1, 0.15) is 62.2 Å². The summed E-state index contributed by atoms with van der Waals surface area (Å²) < 4.78 is 0. The average molecular weight is 261 g/mol. The minimum absolute atomic E-state index is 0.0503. The van der Waals surface area contributed by atoms with E-state index in [1.54, 1.807) is 24.3 Å². The molecule has 0 bridgehead atoms. The third-order valence-electron chi connectivity index (χ3n) is 3.09. The molecular formula is C16H23NO2. The van der Waals surface area contributed by atoms with E-state index in [1.807, 2.05) is 0 Å². The molecule has 0 unspecified atom stereocenters. The van der Waals surface area contributed by atoms with Gasteiger partial charge in [-0.15, -0.1) is 0 Å². The summed E-state index contributed by atoms with van der Waals surface area (Å²) in [5, 5.41) is 2.84. The molecule has 0 saturated heterocycles. The summed E-state index contributed by atoms with van der Waals surface area (Å²) in [7, 11) is 0. The number of carbonyl (C=O) groups is 2. The van der Waals surface area contributed by atoms with Crippen LogP contribution < -0.4 is 5.32 Å². The zero-order chi connectivity index (χ0) is 13.9. The van der Waals surface area contributed by atoms with Crippen molar-refractivity contribution in [3.63, 3.8) is 0 Å². The van der Waals surface area contributed by atoms with E-state index in [-0.39, 0.29) is 5.91 Å². The normalized spacial score (nSPS) is 10.2. The molecule has 1 aromatic rings. The van der Waals surface area contributed by atoms with Gasteiger partial charge in [0.05, 0.1) is 0 Å². The van der Waals surface area contributed by atoms with Crippen molar-refractivity contribution in [3.05, 3.63) is 29.8 Å². The lowest BCUT2D eigenvalue weighted by atomic mass is 10.1. The van der Waals surface area contributed by atoms with Gasteiger partial charge in [0.25, 0.3) is 0 Å². The van der Waals surface area contributed by atoms with E-state index in [0.29, 0.717) is 12.0 Å². The molecule has 0 aromatic heterocycles. The minimum atomic E-state index is 0.0503. The topological polar surface area (TPSA) is 46.2 Å². The van der Waals surface area contributed by atoms with Crippen LogP contribution in [0.3, 0.4) is 0 Å². The molecule has 0 heterocycles. The van der Waals surface area contributed by atoms with Gasteiger partial charge in [0.15, 0.2) is 0 Å². The van der Waals surface area contributed by atoms with Crippen molar-refractivity contribution in [3.8, 4) is 0 Å². The number of carbonyl (C=O) groups excluding carboxylic acids is 2. The second-order valence-electron chi connectivity index (χ2n) is 4.81. The third-order valence-corrected chi connectivity index (χ3v) is 3.09. The first-order valence-corrected chi connectivity index (χ1v) is 7.11. The average Bonchev–Trinajstić information content (AvgIpc) is 2.43. The standard InChI is InChI=1S/C16H23NO2/c1-2-3-4-5-6-7-8-16(19)17-15-11-9-14(13-18)10-12-15/h9-13H,2-8H2,1H3,(H,17,19). The summed E-state index contributed by atoms with van der Waals surface area (Å²) in [6, 6.07) is 6.91. The van der Waals surface area contributed by atoms with E-state index in [4.69, 9.17) is 0 Å². The SMILES string of the molecule is CCCCCCCCC(=O)Nc1ccc(C=O)cc1. The molecule has 0 fully saturated rings. The number of hydrogen-bond acceptors (Lipinski definition) is 2. The highest BCUT2D eigenvalue weighted by molar-refractivity contribution is 5.91. The molecule has 0 aliphatic rings. The van der Waals surface area contributed by atoms with E-state index in [1.165, 1.54) is 25.7 Å². The molecule has 3 heteroatoms. The summed E-state index contributed by atoms with van der Waals surface area (Å²) in [5.74, 6) is 0.0503. The summed E-state index contributed by atoms with van der Waals surface area (Å²) in [6.07, 6.45) is 8.45. The summed E-state index contributed by atoms with van der Waals surface area (Å²) in [6.45, 7) is 2.20. The van der Waals surface area contributed by atoms with Crippen molar-refractivity contribution >= 4 is 17.9 Å². The van der Waals surface area contributed by atoms with E-state index in [9.17, 15) is 9.59 Å². The number of unbranched alkanes of at least 4 members (excludes halogenated alkanes) is 5. The lowest BCUT2D eigenvalue weighted by Crippen LogP contribution is -2.10. The lowest BCUT2D eigenvalue weighted by molar-refractivity contribution is -0.116. The molecule has 0 saturated carbocycles. The minimum Gasteiger partial charge on any atom is -0.326 e. The maximum atomic E-state index is 11.7. The first-order valence-electron chi connectivity index (χ1n) is 7.11. The number of hydrogen-bond donors (Lipinski definition) is 1. The fourth-order valence-corrected chi connectivity index (χ4v) is 1.93. The Kier molecular flexibility index (Phi) is 7.56. The Hall–Kier alpha value is -1.64. The molecule has 0 aliphatic carbocycles. The summed E-state index contributed by atoms with van der Waals surface area (Å²) in [4.78, 5) is 22.2. The van der Waals surface area contributed by atoms with E-state index >= 15 is 0 Å². The third kappa shape index (κ3) is 6.75. The maximum absolute atomic E-state index is 11.7. The smallest absolute Gasteiger partial charge is 0.224 e. The van der Waals surface area contributed by atoms with E-state index in [0.717, 1.165) is 24.8 Å². The first kappa shape index (κ1) is 15.4. The van der Waals surface area contributed by atoms with E-state index in [2.05, 4.69) is 12.2 Å². The second-order valence-corrected chi connectivity index (χ2v) is 4.81. The zero-order valence-electron chi connectivity index (χ0n) is 11.7. The molecule has 19 heavy (non-hydrogen) atoms. The van der Waals surface area contributed by atoms with Gasteiger partial charge in [-0.1, -0.05) is 39.0 Å². The molecule has 0 aliphatic heterocycles.